The molecule has 1 rings (SSSR count). The van der Waals surface area contributed by atoms with E-state index in [4.69, 9.17) is 10.7 Å². The second-order valence-corrected chi connectivity index (χ2v) is 4.82. The minimum Gasteiger partial charge on any atom is -0.264 e. The molecule has 0 bridgehead atoms. The maximum atomic E-state index is 10.5. The third kappa shape index (κ3) is 3.34. The highest BCUT2D eigenvalue weighted by Crippen LogP contribution is 2.06. The summed E-state index contributed by atoms with van der Waals surface area (Å²) < 4.78 is 21.1. The van der Waals surface area contributed by atoms with Crippen molar-refractivity contribution in [2.75, 3.05) is 0 Å². The molecule has 0 atom stereocenters. The van der Waals surface area contributed by atoms with Crippen LogP contribution in [-0.2, 0) is 14.8 Å². The summed E-state index contributed by atoms with van der Waals surface area (Å²) in [6.07, 6.45) is 3.05. The van der Waals surface area contributed by atoms with Gasteiger partial charge in [-0.05, 0) is 11.6 Å². The maximum Gasteiger partial charge on any atom is 0.236 e. The molecule has 0 saturated carbocycles. The van der Waals surface area contributed by atoms with Gasteiger partial charge in [-0.3, -0.25) is 4.98 Å². The molecular formula is C6H6ClNO2S. The van der Waals surface area contributed by atoms with Crippen molar-refractivity contribution in [3.8, 4) is 0 Å². The summed E-state index contributed by atoms with van der Waals surface area (Å²) in [6, 6.07) is 3.32. The van der Waals surface area contributed by atoms with Crippen LogP contribution >= 0.6 is 10.7 Å². The van der Waals surface area contributed by atoms with Crippen LogP contribution in [0.1, 0.15) is 5.56 Å². The maximum absolute atomic E-state index is 10.5. The SMILES string of the molecule is O=S(=O)(Cl)Cc1cccnc1. The van der Waals surface area contributed by atoms with Crippen LogP contribution in [0.4, 0.5) is 0 Å². The average Bonchev–Trinajstić information content (AvgIpc) is 1.85. The number of nitrogens with zero attached hydrogens (tertiary/aromatic N) is 1. The standard InChI is InChI=1S/C6H6ClNO2S/c7-11(9,10)5-6-2-1-3-8-4-6/h1-4H,5H2. The molecule has 0 spiro atoms. The summed E-state index contributed by atoms with van der Waals surface area (Å²) in [5.41, 5.74) is 0.600. The summed E-state index contributed by atoms with van der Waals surface area (Å²) >= 11 is 0. The predicted molar refractivity (Wildman–Crippen MR) is 42.7 cm³/mol. The highest BCUT2D eigenvalue weighted by atomic mass is 35.7. The lowest BCUT2D eigenvalue weighted by Gasteiger charge is -1.93. The van der Waals surface area contributed by atoms with Crippen molar-refractivity contribution in [2.24, 2.45) is 0 Å². The second kappa shape index (κ2) is 3.19. The summed E-state index contributed by atoms with van der Waals surface area (Å²) in [7, 11) is 1.57. The Morgan fingerprint density at radius 2 is 2.27 bits per heavy atom. The van der Waals surface area contributed by atoms with E-state index in [1.54, 1.807) is 18.3 Å². The number of halogens is 1. The molecule has 0 saturated heterocycles. The third-order valence-electron chi connectivity index (χ3n) is 1.06. The number of hydrogen-bond acceptors (Lipinski definition) is 3. The molecule has 0 aliphatic heterocycles. The molecule has 0 aliphatic rings. The lowest BCUT2D eigenvalue weighted by Crippen LogP contribution is -1.94. The summed E-state index contributed by atoms with van der Waals surface area (Å²) in [5, 5.41) is 0. The molecule has 0 fully saturated rings. The van der Waals surface area contributed by atoms with Gasteiger partial charge in [0.25, 0.3) is 0 Å². The van der Waals surface area contributed by atoms with Gasteiger partial charge in [-0.25, -0.2) is 8.42 Å². The van der Waals surface area contributed by atoms with Gasteiger partial charge in [0.2, 0.25) is 9.05 Å². The minimum atomic E-state index is -3.44. The molecule has 1 aromatic rings. The van der Waals surface area contributed by atoms with Crippen LogP contribution in [0.2, 0.25) is 0 Å². The van der Waals surface area contributed by atoms with Gasteiger partial charge in [0.1, 0.15) is 0 Å². The number of hydrogen-bond donors (Lipinski definition) is 0. The van der Waals surface area contributed by atoms with Gasteiger partial charge in [0.15, 0.2) is 0 Å². The number of aromatic nitrogens is 1. The van der Waals surface area contributed by atoms with Crippen LogP contribution < -0.4 is 0 Å². The zero-order valence-corrected chi connectivity index (χ0v) is 7.14. The van der Waals surface area contributed by atoms with Crippen LogP contribution in [0, 0.1) is 0 Å². The summed E-state index contributed by atoms with van der Waals surface area (Å²) in [5.74, 6) is -0.164. The van der Waals surface area contributed by atoms with Crippen molar-refractivity contribution in [1.82, 2.24) is 4.98 Å². The first kappa shape index (κ1) is 8.49. The van der Waals surface area contributed by atoms with E-state index in [1.807, 2.05) is 0 Å². The van der Waals surface area contributed by atoms with Crippen LogP contribution in [0.25, 0.3) is 0 Å². The second-order valence-electron chi connectivity index (χ2n) is 2.04. The van der Waals surface area contributed by atoms with E-state index in [-0.39, 0.29) is 5.75 Å². The fourth-order valence-electron chi connectivity index (χ4n) is 0.683. The van der Waals surface area contributed by atoms with Crippen molar-refractivity contribution in [3.63, 3.8) is 0 Å². The molecule has 1 heterocycles. The topological polar surface area (TPSA) is 47.0 Å². The minimum absolute atomic E-state index is 0.164. The Balaban J connectivity index is 2.82. The van der Waals surface area contributed by atoms with Crippen LogP contribution in [0.5, 0.6) is 0 Å². The first-order valence-corrected chi connectivity index (χ1v) is 5.37. The molecule has 0 aliphatic carbocycles. The number of rotatable bonds is 2. The smallest absolute Gasteiger partial charge is 0.236 e. The first-order valence-electron chi connectivity index (χ1n) is 2.89. The fourth-order valence-corrected chi connectivity index (χ4v) is 1.63. The Bertz CT molecular complexity index is 322. The fraction of sp³-hybridized carbons (Fsp3) is 0.167. The van der Waals surface area contributed by atoms with Gasteiger partial charge in [0, 0.05) is 23.1 Å². The molecule has 5 heteroatoms. The lowest BCUT2D eigenvalue weighted by molar-refractivity contribution is 0.609. The van der Waals surface area contributed by atoms with E-state index in [0.29, 0.717) is 5.56 Å². The Labute approximate surface area is 69.4 Å². The van der Waals surface area contributed by atoms with E-state index < -0.39 is 9.05 Å². The van der Waals surface area contributed by atoms with Crippen LogP contribution in [0.15, 0.2) is 24.5 Å². The molecule has 0 N–H and O–H groups in total. The van der Waals surface area contributed by atoms with Crippen molar-refractivity contribution in [2.45, 2.75) is 5.75 Å². The quantitative estimate of drug-likeness (QED) is 0.659. The monoisotopic (exact) mass is 191 g/mol. The van der Waals surface area contributed by atoms with E-state index in [1.165, 1.54) is 6.20 Å². The van der Waals surface area contributed by atoms with Crippen molar-refractivity contribution in [3.05, 3.63) is 30.1 Å². The Morgan fingerprint density at radius 3 is 2.73 bits per heavy atom. The van der Waals surface area contributed by atoms with Gasteiger partial charge in [-0.1, -0.05) is 6.07 Å². The molecule has 3 nitrogen and oxygen atoms in total. The van der Waals surface area contributed by atoms with Crippen LogP contribution in [0.3, 0.4) is 0 Å². The van der Waals surface area contributed by atoms with Gasteiger partial charge in [-0.15, -0.1) is 0 Å². The zero-order valence-electron chi connectivity index (χ0n) is 5.57. The van der Waals surface area contributed by atoms with Gasteiger partial charge < -0.3 is 0 Å². The lowest BCUT2D eigenvalue weighted by atomic mass is 10.3. The van der Waals surface area contributed by atoms with E-state index >= 15 is 0 Å². The van der Waals surface area contributed by atoms with Crippen LogP contribution in [-0.4, -0.2) is 13.4 Å². The third-order valence-corrected chi connectivity index (χ3v) is 2.07. The zero-order chi connectivity index (χ0) is 8.32. The van der Waals surface area contributed by atoms with Crippen molar-refractivity contribution >= 4 is 19.7 Å². The van der Waals surface area contributed by atoms with Crippen molar-refractivity contribution < 1.29 is 8.42 Å². The normalized spacial score (nSPS) is 11.4. The Kier molecular flexibility index (Phi) is 2.46. The predicted octanol–water partition coefficient (Wildman–Crippen LogP) is 1.15. The average molecular weight is 192 g/mol. The van der Waals surface area contributed by atoms with Crippen molar-refractivity contribution in [1.29, 1.82) is 0 Å². The summed E-state index contributed by atoms with van der Waals surface area (Å²) in [6.45, 7) is 0. The van der Waals surface area contributed by atoms with Gasteiger partial charge >= 0.3 is 0 Å². The molecule has 0 amide bonds. The highest BCUT2D eigenvalue weighted by Gasteiger charge is 2.05. The van der Waals surface area contributed by atoms with E-state index in [0.717, 1.165) is 0 Å². The number of pyridine rings is 1. The molecule has 11 heavy (non-hydrogen) atoms. The molecular weight excluding hydrogens is 186 g/mol. The molecule has 0 unspecified atom stereocenters. The van der Waals surface area contributed by atoms with E-state index in [9.17, 15) is 8.42 Å². The molecule has 0 aromatic carbocycles. The molecule has 1 aromatic heterocycles. The van der Waals surface area contributed by atoms with Gasteiger partial charge in [0.05, 0.1) is 5.75 Å². The summed E-state index contributed by atoms with van der Waals surface area (Å²) in [4.78, 5) is 3.75. The molecule has 0 radical (unpaired) electrons. The Morgan fingerprint density at radius 1 is 1.55 bits per heavy atom. The molecule has 60 valence electrons. The Hall–Kier alpha value is -0.610. The highest BCUT2D eigenvalue weighted by molar-refractivity contribution is 8.13. The van der Waals surface area contributed by atoms with E-state index in [2.05, 4.69) is 4.98 Å². The van der Waals surface area contributed by atoms with Gasteiger partial charge in [-0.2, -0.15) is 0 Å². The first-order chi connectivity index (χ1) is 5.08. The largest absolute Gasteiger partial charge is 0.264 e.